The number of halogens is 1. The first-order chi connectivity index (χ1) is 10.1. The van der Waals surface area contributed by atoms with Crippen molar-refractivity contribution < 1.29 is 8.42 Å². The molecule has 1 fully saturated rings. The largest absolute Gasteiger partial charge is 0.256 e. The van der Waals surface area contributed by atoms with Gasteiger partial charge in [0.25, 0.3) is 0 Å². The maximum Gasteiger partial charge on any atom is 0.243 e. The molecule has 1 aliphatic rings. The molecule has 3 rings (SSSR count). The van der Waals surface area contributed by atoms with Gasteiger partial charge in [0.05, 0.1) is 10.4 Å². The van der Waals surface area contributed by atoms with E-state index in [0.717, 1.165) is 18.2 Å². The van der Waals surface area contributed by atoms with Gasteiger partial charge < -0.3 is 0 Å². The first kappa shape index (κ1) is 14.9. The summed E-state index contributed by atoms with van der Waals surface area (Å²) in [5.74, 6) is 0.390. The molecule has 112 valence electrons. The fourth-order valence-corrected chi connectivity index (χ4v) is 5.09. The summed E-state index contributed by atoms with van der Waals surface area (Å²) < 4.78 is 27.5. The summed E-state index contributed by atoms with van der Waals surface area (Å²) in [6.45, 7) is 1.19. The predicted molar refractivity (Wildman–Crippen MR) is 87.0 cm³/mol. The van der Waals surface area contributed by atoms with Gasteiger partial charge in [-0.1, -0.05) is 22.0 Å². The summed E-state index contributed by atoms with van der Waals surface area (Å²) in [4.78, 5) is 4.61. The van der Waals surface area contributed by atoms with Crippen molar-refractivity contribution in [1.82, 2.24) is 9.29 Å². The van der Waals surface area contributed by atoms with Gasteiger partial charge in [-0.2, -0.15) is 4.31 Å². The van der Waals surface area contributed by atoms with Crippen LogP contribution in [0, 0.1) is 5.92 Å². The smallest absolute Gasteiger partial charge is 0.243 e. The standard InChI is InChI=1S/C15H17BrN2O2S/c16-10-12-4-3-9-18(11-12)21(19,20)15-7-1-6-14-13(15)5-2-8-17-14/h1-2,5-8,12H,3-4,9-11H2. The molecule has 21 heavy (non-hydrogen) atoms. The van der Waals surface area contributed by atoms with E-state index in [2.05, 4.69) is 20.9 Å². The van der Waals surface area contributed by atoms with Crippen LogP contribution in [0.4, 0.5) is 0 Å². The van der Waals surface area contributed by atoms with E-state index in [1.54, 1.807) is 28.7 Å². The van der Waals surface area contributed by atoms with Crippen molar-refractivity contribution in [2.24, 2.45) is 5.92 Å². The summed E-state index contributed by atoms with van der Waals surface area (Å²) in [6, 6.07) is 8.87. The third-order valence-electron chi connectivity index (χ3n) is 3.92. The van der Waals surface area contributed by atoms with Crippen LogP contribution < -0.4 is 0 Å². The Kier molecular flexibility index (Phi) is 4.28. The van der Waals surface area contributed by atoms with Gasteiger partial charge in [-0.25, -0.2) is 8.42 Å². The van der Waals surface area contributed by atoms with Crippen LogP contribution in [-0.4, -0.2) is 36.1 Å². The van der Waals surface area contributed by atoms with Crippen LogP contribution in [0.15, 0.2) is 41.4 Å². The highest BCUT2D eigenvalue weighted by Gasteiger charge is 2.30. The molecule has 2 heterocycles. The van der Waals surface area contributed by atoms with Gasteiger partial charge in [0.1, 0.15) is 0 Å². The number of hydrogen-bond donors (Lipinski definition) is 0. The summed E-state index contributed by atoms with van der Waals surface area (Å²) in [6.07, 6.45) is 3.67. The van der Waals surface area contributed by atoms with E-state index in [9.17, 15) is 8.42 Å². The van der Waals surface area contributed by atoms with Crippen LogP contribution in [0.2, 0.25) is 0 Å². The first-order valence-corrected chi connectivity index (χ1v) is 9.59. The summed E-state index contributed by atoms with van der Waals surface area (Å²) in [5.41, 5.74) is 0.715. The maximum absolute atomic E-state index is 12.9. The summed E-state index contributed by atoms with van der Waals surface area (Å²) >= 11 is 3.47. The lowest BCUT2D eigenvalue weighted by Crippen LogP contribution is -2.40. The number of pyridine rings is 1. The molecular weight excluding hydrogens is 352 g/mol. The Morgan fingerprint density at radius 1 is 1.29 bits per heavy atom. The minimum Gasteiger partial charge on any atom is -0.256 e. The molecule has 1 aliphatic heterocycles. The van der Waals surface area contributed by atoms with E-state index in [0.29, 0.717) is 34.8 Å². The van der Waals surface area contributed by atoms with Gasteiger partial charge in [-0.3, -0.25) is 4.98 Å². The lowest BCUT2D eigenvalue weighted by Gasteiger charge is -2.31. The molecule has 1 saturated heterocycles. The Morgan fingerprint density at radius 2 is 2.14 bits per heavy atom. The molecule has 0 spiro atoms. The van der Waals surface area contributed by atoms with Crippen molar-refractivity contribution in [1.29, 1.82) is 0 Å². The van der Waals surface area contributed by atoms with Gasteiger partial charge in [-0.15, -0.1) is 0 Å². The SMILES string of the molecule is O=S(=O)(c1cccc2ncccc12)N1CCCC(CBr)C1. The number of alkyl halides is 1. The summed E-state index contributed by atoms with van der Waals surface area (Å²) in [5, 5.41) is 1.54. The zero-order valence-electron chi connectivity index (χ0n) is 11.6. The van der Waals surface area contributed by atoms with Crippen molar-refractivity contribution in [3.63, 3.8) is 0 Å². The highest BCUT2D eigenvalue weighted by molar-refractivity contribution is 9.09. The third kappa shape index (κ3) is 2.84. The topological polar surface area (TPSA) is 50.3 Å². The minimum absolute atomic E-state index is 0.364. The minimum atomic E-state index is -3.46. The maximum atomic E-state index is 12.9. The monoisotopic (exact) mass is 368 g/mol. The zero-order valence-corrected chi connectivity index (χ0v) is 14.0. The molecule has 0 radical (unpaired) electrons. The Balaban J connectivity index is 2.04. The molecule has 1 aromatic carbocycles. The number of piperidine rings is 1. The van der Waals surface area contributed by atoms with E-state index < -0.39 is 10.0 Å². The van der Waals surface area contributed by atoms with Crippen molar-refractivity contribution in [3.05, 3.63) is 36.5 Å². The van der Waals surface area contributed by atoms with Gasteiger partial charge in [0, 0.05) is 30.0 Å². The van der Waals surface area contributed by atoms with Crippen LogP contribution >= 0.6 is 15.9 Å². The quantitative estimate of drug-likeness (QED) is 0.782. The van der Waals surface area contributed by atoms with E-state index in [1.165, 1.54) is 0 Å². The van der Waals surface area contributed by atoms with E-state index in [1.807, 2.05) is 12.1 Å². The lowest BCUT2D eigenvalue weighted by molar-refractivity contribution is 0.285. The molecule has 6 heteroatoms. The Labute approximate surface area is 133 Å². The second-order valence-corrected chi connectivity index (χ2v) is 7.91. The molecule has 0 N–H and O–H groups in total. The van der Waals surface area contributed by atoms with E-state index in [4.69, 9.17) is 0 Å². The second-order valence-electron chi connectivity index (χ2n) is 5.35. The molecule has 1 aromatic heterocycles. The molecule has 0 aliphatic carbocycles. The number of hydrogen-bond acceptors (Lipinski definition) is 3. The average molecular weight is 369 g/mol. The highest BCUT2D eigenvalue weighted by Crippen LogP contribution is 2.28. The van der Waals surface area contributed by atoms with Crippen LogP contribution in [0.3, 0.4) is 0 Å². The molecule has 0 saturated carbocycles. The van der Waals surface area contributed by atoms with Crippen LogP contribution in [0.1, 0.15) is 12.8 Å². The summed E-state index contributed by atoms with van der Waals surface area (Å²) in [7, 11) is -3.46. The number of aromatic nitrogens is 1. The number of benzene rings is 1. The van der Waals surface area contributed by atoms with Gasteiger partial charge >= 0.3 is 0 Å². The molecular formula is C15H17BrN2O2S. The molecule has 0 amide bonds. The number of fused-ring (bicyclic) bond motifs is 1. The predicted octanol–water partition coefficient (Wildman–Crippen LogP) is 3.03. The van der Waals surface area contributed by atoms with Gasteiger partial charge in [0.2, 0.25) is 10.0 Å². The lowest BCUT2D eigenvalue weighted by atomic mass is 10.0. The van der Waals surface area contributed by atoms with Crippen LogP contribution in [0.25, 0.3) is 10.9 Å². The molecule has 1 unspecified atom stereocenters. The Bertz CT molecular complexity index is 743. The number of nitrogens with zero attached hydrogens (tertiary/aromatic N) is 2. The second kappa shape index (κ2) is 6.02. The molecule has 2 aromatic rings. The zero-order chi connectivity index (χ0) is 14.9. The van der Waals surface area contributed by atoms with Gasteiger partial charge in [-0.05, 0) is 43.0 Å². The highest BCUT2D eigenvalue weighted by atomic mass is 79.9. The fourth-order valence-electron chi connectivity index (χ4n) is 2.81. The van der Waals surface area contributed by atoms with Crippen LogP contribution in [-0.2, 0) is 10.0 Å². The van der Waals surface area contributed by atoms with Crippen molar-refractivity contribution >= 4 is 36.9 Å². The van der Waals surface area contributed by atoms with Crippen molar-refractivity contribution in [3.8, 4) is 0 Å². The van der Waals surface area contributed by atoms with Crippen LogP contribution in [0.5, 0.6) is 0 Å². The van der Waals surface area contributed by atoms with Gasteiger partial charge in [0.15, 0.2) is 0 Å². The van der Waals surface area contributed by atoms with Crippen molar-refractivity contribution in [2.75, 3.05) is 18.4 Å². The molecule has 1 atom stereocenters. The van der Waals surface area contributed by atoms with E-state index in [-0.39, 0.29) is 0 Å². The third-order valence-corrected chi connectivity index (χ3v) is 6.76. The van der Waals surface area contributed by atoms with Crippen molar-refractivity contribution in [2.45, 2.75) is 17.7 Å². The van der Waals surface area contributed by atoms with E-state index >= 15 is 0 Å². The normalized spacial score (nSPS) is 20.7. The first-order valence-electron chi connectivity index (χ1n) is 7.03. The average Bonchev–Trinajstić information content (AvgIpc) is 2.54. The molecule has 4 nitrogen and oxygen atoms in total. The Morgan fingerprint density at radius 3 is 2.95 bits per heavy atom. The molecule has 0 bridgehead atoms. The number of rotatable bonds is 3. The Hall–Kier alpha value is -0.980. The number of sulfonamides is 1. The fraction of sp³-hybridized carbons (Fsp3) is 0.400.